The van der Waals surface area contributed by atoms with Crippen LogP contribution in [0.3, 0.4) is 0 Å². The fraction of sp³-hybridized carbons (Fsp3) is 0.273. The molecule has 5 aliphatic rings. The second kappa shape index (κ2) is 15.0. The zero-order valence-corrected chi connectivity index (χ0v) is 39.8. The molecule has 0 atom stereocenters. The van der Waals surface area contributed by atoms with Gasteiger partial charge in [0.05, 0.1) is 16.8 Å². The minimum absolute atomic E-state index is 0.140. The van der Waals surface area contributed by atoms with Crippen molar-refractivity contribution in [2.45, 2.75) is 114 Å². The first-order valence-electron chi connectivity index (χ1n) is 25.4. The molecule has 2 fully saturated rings. The van der Waals surface area contributed by atoms with Crippen molar-refractivity contribution in [1.29, 1.82) is 0 Å². The van der Waals surface area contributed by atoms with E-state index in [0.29, 0.717) is 0 Å². The number of hydrogen-bond donors (Lipinski definition) is 0. The Morgan fingerprint density at radius 3 is 1.49 bits per heavy atom. The molecule has 67 heavy (non-hydrogen) atoms. The quantitative estimate of drug-likeness (QED) is 0.161. The summed E-state index contributed by atoms with van der Waals surface area (Å²) < 4.78 is 0. The first-order valence-corrected chi connectivity index (χ1v) is 25.4. The Hall–Kier alpha value is -6.44. The molecule has 0 unspecified atom stereocenters. The van der Waals surface area contributed by atoms with Crippen LogP contribution in [-0.4, -0.2) is 0 Å². The molecular formula is C66H61N. The maximum atomic E-state index is 2.70. The van der Waals surface area contributed by atoms with Crippen LogP contribution in [0.15, 0.2) is 176 Å². The molecule has 13 rings (SSSR count). The van der Waals surface area contributed by atoms with Gasteiger partial charge in [-0.05, 0) is 139 Å². The lowest BCUT2D eigenvalue weighted by Gasteiger charge is -2.37. The fourth-order valence-corrected chi connectivity index (χ4v) is 14.2. The van der Waals surface area contributed by atoms with Crippen molar-refractivity contribution >= 4 is 17.1 Å². The van der Waals surface area contributed by atoms with Gasteiger partial charge in [0.1, 0.15) is 0 Å². The van der Waals surface area contributed by atoms with E-state index >= 15 is 0 Å². The van der Waals surface area contributed by atoms with Gasteiger partial charge in [0.25, 0.3) is 0 Å². The molecule has 5 aliphatic carbocycles. The second-order valence-corrected chi connectivity index (χ2v) is 21.9. The smallest absolute Gasteiger partial charge is 0.0726 e. The maximum Gasteiger partial charge on any atom is 0.0726 e. The van der Waals surface area contributed by atoms with Gasteiger partial charge in [0, 0.05) is 22.2 Å². The van der Waals surface area contributed by atoms with Crippen LogP contribution in [0.25, 0.3) is 44.5 Å². The average molecular weight is 868 g/mol. The van der Waals surface area contributed by atoms with Crippen molar-refractivity contribution in [1.82, 2.24) is 0 Å². The Kier molecular flexibility index (Phi) is 9.16. The zero-order chi connectivity index (χ0) is 45.1. The van der Waals surface area contributed by atoms with Gasteiger partial charge in [-0.2, -0.15) is 0 Å². The van der Waals surface area contributed by atoms with E-state index in [1.165, 1.54) is 170 Å². The van der Waals surface area contributed by atoms with Gasteiger partial charge in [-0.25, -0.2) is 0 Å². The third-order valence-corrected chi connectivity index (χ3v) is 17.8. The minimum atomic E-state index is -0.471. The van der Waals surface area contributed by atoms with Crippen molar-refractivity contribution in [3.63, 3.8) is 0 Å². The number of hydrogen-bond acceptors (Lipinski definition) is 1. The summed E-state index contributed by atoms with van der Waals surface area (Å²) in [6.07, 6.45) is 12.9. The Labute approximate surface area is 398 Å². The summed E-state index contributed by atoms with van der Waals surface area (Å²) in [6, 6.07) is 68.7. The summed E-state index contributed by atoms with van der Waals surface area (Å²) in [6.45, 7) is 9.92. The molecular weight excluding hydrogens is 807 g/mol. The Morgan fingerprint density at radius 1 is 0.343 bits per heavy atom. The van der Waals surface area contributed by atoms with E-state index in [4.69, 9.17) is 0 Å². The van der Waals surface area contributed by atoms with E-state index in [-0.39, 0.29) is 16.2 Å². The van der Waals surface area contributed by atoms with E-state index in [1.807, 2.05) is 0 Å². The van der Waals surface area contributed by atoms with Crippen LogP contribution >= 0.6 is 0 Å². The Bertz CT molecular complexity index is 3190. The van der Waals surface area contributed by atoms with Gasteiger partial charge in [-0.1, -0.05) is 218 Å². The molecule has 0 amide bonds. The number of fused-ring (bicyclic) bond motifs is 13. The predicted molar refractivity (Wildman–Crippen MR) is 281 cm³/mol. The van der Waals surface area contributed by atoms with Crippen LogP contribution in [0.4, 0.5) is 17.1 Å². The Balaban J connectivity index is 1.11. The molecule has 8 aromatic carbocycles. The lowest BCUT2D eigenvalue weighted by molar-refractivity contribution is 0.319. The van der Waals surface area contributed by atoms with Crippen molar-refractivity contribution in [3.8, 4) is 44.5 Å². The molecule has 0 heterocycles. The van der Waals surface area contributed by atoms with Crippen LogP contribution < -0.4 is 4.90 Å². The highest BCUT2D eigenvalue weighted by Crippen LogP contribution is 2.66. The highest BCUT2D eigenvalue weighted by molar-refractivity contribution is 6.03. The molecule has 0 bridgehead atoms. The van der Waals surface area contributed by atoms with Crippen LogP contribution in [0.5, 0.6) is 0 Å². The van der Waals surface area contributed by atoms with Crippen LogP contribution in [0.2, 0.25) is 0 Å². The first-order chi connectivity index (χ1) is 32.7. The number of nitrogens with zero attached hydrogens (tertiary/aromatic N) is 1. The summed E-state index contributed by atoms with van der Waals surface area (Å²) in [5.74, 6) is 0. The van der Waals surface area contributed by atoms with E-state index in [0.717, 1.165) is 0 Å². The molecule has 0 N–H and O–H groups in total. The first kappa shape index (κ1) is 40.8. The summed E-state index contributed by atoms with van der Waals surface area (Å²) >= 11 is 0. The third kappa shape index (κ3) is 5.86. The molecule has 330 valence electrons. The molecule has 0 saturated heterocycles. The van der Waals surface area contributed by atoms with Crippen molar-refractivity contribution in [2.75, 3.05) is 4.90 Å². The molecule has 1 nitrogen and oxygen atoms in total. The van der Waals surface area contributed by atoms with Gasteiger partial charge in [0.2, 0.25) is 0 Å². The zero-order valence-electron chi connectivity index (χ0n) is 39.8. The summed E-state index contributed by atoms with van der Waals surface area (Å²) in [5.41, 5.74) is 25.5. The highest BCUT2D eigenvalue weighted by atomic mass is 15.1. The van der Waals surface area contributed by atoms with E-state index in [9.17, 15) is 0 Å². The van der Waals surface area contributed by atoms with Crippen LogP contribution in [-0.2, 0) is 21.7 Å². The molecule has 1 spiro atoms. The summed E-state index contributed by atoms with van der Waals surface area (Å²) in [7, 11) is 0. The number of para-hydroxylation sites is 1. The summed E-state index contributed by atoms with van der Waals surface area (Å²) in [5, 5.41) is 0. The van der Waals surface area contributed by atoms with E-state index in [2.05, 4.69) is 209 Å². The fourth-order valence-electron chi connectivity index (χ4n) is 14.2. The number of anilines is 3. The van der Waals surface area contributed by atoms with Crippen molar-refractivity contribution < 1.29 is 0 Å². The van der Waals surface area contributed by atoms with Gasteiger partial charge >= 0.3 is 0 Å². The Morgan fingerprint density at radius 2 is 0.836 bits per heavy atom. The SMILES string of the molecule is CC1(c2ccc3c(c2)C2(c4cc(C5(C)CCCCC5)ccc4-3)c3ccccc3-c3c(N(c4ccc5c(c4)C(C)(C)c4ccccc4-5)c4ccccc4-c4ccccc4)cccc32)CCCCC1. The monoisotopic (exact) mass is 867 g/mol. The standard InChI is InChI=1S/C66H61N/c1-63(2)54-26-13-10-24-49(54)50-36-33-47(43-57(50)63)67(60-29-15-12-23-48(60)44-21-8-5-9-22-44)61-30-20-28-56-62(61)53-25-11-14-27-55(53)66(56)58-41-45(64(3)37-16-6-17-38-64)31-34-51(58)52-35-32-46(42-59(52)66)65(4)39-18-7-19-40-65/h5,8-15,20-36,41-43H,6-7,16-19,37-40H2,1-4H3. The lowest BCUT2D eigenvalue weighted by atomic mass is 9.66. The normalized spacial score (nSPS) is 18.3. The number of benzene rings is 8. The van der Waals surface area contributed by atoms with E-state index < -0.39 is 5.41 Å². The molecule has 0 aliphatic heterocycles. The predicted octanol–water partition coefficient (Wildman–Crippen LogP) is 17.9. The maximum absolute atomic E-state index is 2.70. The largest absolute Gasteiger partial charge is 0.309 e. The molecule has 0 radical (unpaired) electrons. The van der Waals surface area contributed by atoms with Gasteiger partial charge < -0.3 is 4.90 Å². The number of rotatable bonds is 6. The van der Waals surface area contributed by atoms with Gasteiger partial charge in [-0.3, -0.25) is 0 Å². The summed E-state index contributed by atoms with van der Waals surface area (Å²) in [4.78, 5) is 2.62. The van der Waals surface area contributed by atoms with Crippen LogP contribution in [0.1, 0.15) is 136 Å². The van der Waals surface area contributed by atoms with Crippen molar-refractivity contribution in [2.24, 2.45) is 0 Å². The third-order valence-electron chi connectivity index (χ3n) is 17.8. The molecule has 0 aromatic heterocycles. The second-order valence-electron chi connectivity index (χ2n) is 21.9. The van der Waals surface area contributed by atoms with E-state index in [1.54, 1.807) is 0 Å². The highest BCUT2D eigenvalue weighted by Gasteiger charge is 2.53. The lowest BCUT2D eigenvalue weighted by Crippen LogP contribution is -2.30. The van der Waals surface area contributed by atoms with Gasteiger partial charge in [-0.15, -0.1) is 0 Å². The van der Waals surface area contributed by atoms with Crippen molar-refractivity contribution in [3.05, 3.63) is 220 Å². The molecule has 2 saturated carbocycles. The molecule has 1 heteroatoms. The van der Waals surface area contributed by atoms with Gasteiger partial charge in [0.15, 0.2) is 0 Å². The topological polar surface area (TPSA) is 3.24 Å². The minimum Gasteiger partial charge on any atom is -0.309 e. The average Bonchev–Trinajstić information content (AvgIpc) is 3.93. The van der Waals surface area contributed by atoms with Crippen LogP contribution in [0, 0.1) is 0 Å². The molecule has 8 aromatic rings.